The van der Waals surface area contributed by atoms with Crippen LogP contribution < -0.4 is 0 Å². The Morgan fingerprint density at radius 2 is 1.55 bits per heavy atom. The molecule has 0 bridgehead atoms. The normalized spacial score (nSPS) is 18.3. The third kappa shape index (κ3) is 4.55. The molecule has 0 aliphatic carbocycles. The van der Waals surface area contributed by atoms with Crippen molar-refractivity contribution in [2.45, 2.75) is 31.7 Å². The number of aliphatic hydroxyl groups excluding tert-OH is 4. The Morgan fingerprint density at radius 3 is 1.82 bits per heavy atom. The second-order valence-electron chi connectivity index (χ2n) is 2.22. The van der Waals surface area contributed by atoms with Gasteiger partial charge in [-0.05, 0) is 6.42 Å². The van der Waals surface area contributed by atoms with Crippen LogP contribution in [0.5, 0.6) is 0 Å². The van der Waals surface area contributed by atoms with Gasteiger partial charge in [0.05, 0.1) is 12.7 Å². The molecular formula is C6H15ClO4. The van der Waals surface area contributed by atoms with E-state index in [9.17, 15) is 0 Å². The van der Waals surface area contributed by atoms with Gasteiger partial charge in [0.25, 0.3) is 0 Å². The fraction of sp³-hybridized carbons (Fsp3) is 1.00. The van der Waals surface area contributed by atoms with Crippen LogP contribution in [0.1, 0.15) is 13.3 Å². The molecule has 70 valence electrons. The van der Waals surface area contributed by atoms with E-state index in [1.807, 2.05) is 0 Å². The SMILES string of the molecule is CC[C@@H](O)[C@H](O)[C@H](O)CO.Cl. The first-order valence-corrected chi connectivity index (χ1v) is 3.28. The van der Waals surface area contributed by atoms with Crippen LogP contribution in [0.25, 0.3) is 0 Å². The first kappa shape index (κ1) is 13.7. The third-order valence-electron chi connectivity index (χ3n) is 1.39. The molecule has 0 aliphatic heterocycles. The lowest BCUT2D eigenvalue weighted by Crippen LogP contribution is -2.38. The zero-order valence-corrected chi connectivity index (χ0v) is 7.16. The minimum atomic E-state index is -1.24. The van der Waals surface area contributed by atoms with E-state index in [2.05, 4.69) is 0 Å². The van der Waals surface area contributed by atoms with Crippen LogP contribution in [0.2, 0.25) is 0 Å². The van der Waals surface area contributed by atoms with Crippen molar-refractivity contribution in [1.29, 1.82) is 0 Å². The predicted octanol–water partition coefficient (Wildman–Crippen LogP) is -1.11. The second kappa shape index (κ2) is 6.82. The van der Waals surface area contributed by atoms with Gasteiger partial charge in [-0.15, -0.1) is 12.4 Å². The van der Waals surface area contributed by atoms with E-state index in [-0.39, 0.29) is 12.4 Å². The summed E-state index contributed by atoms with van der Waals surface area (Å²) in [7, 11) is 0. The highest BCUT2D eigenvalue weighted by atomic mass is 35.5. The number of aliphatic hydroxyl groups is 4. The van der Waals surface area contributed by atoms with E-state index < -0.39 is 24.9 Å². The van der Waals surface area contributed by atoms with E-state index in [1.165, 1.54) is 0 Å². The van der Waals surface area contributed by atoms with Crippen LogP contribution in [-0.4, -0.2) is 45.3 Å². The molecule has 3 atom stereocenters. The van der Waals surface area contributed by atoms with Gasteiger partial charge in [-0.1, -0.05) is 6.92 Å². The van der Waals surface area contributed by atoms with Gasteiger partial charge in [0.2, 0.25) is 0 Å². The summed E-state index contributed by atoms with van der Waals surface area (Å²) >= 11 is 0. The summed E-state index contributed by atoms with van der Waals surface area (Å²) in [6.45, 7) is 1.15. The summed E-state index contributed by atoms with van der Waals surface area (Å²) in [5.74, 6) is 0. The van der Waals surface area contributed by atoms with Crippen LogP contribution in [-0.2, 0) is 0 Å². The number of rotatable bonds is 4. The van der Waals surface area contributed by atoms with Crippen LogP contribution in [0.15, 0.2) is 0 Å². The first-order chi connectivity index (χ1) is 4.63. The highest BCUT2D eigenvalue weighted by Gasteiger charge is 2.21. The average Bonchev–Trinajstić information content (AvgIpc) is 2.00. The van der Waals surface area contributed by atoms with Gasteiger partial charge in [0, 0.05) is 0 Å². The molecule has 0 aromatic carbocycles. The summed E-state index contributed by atoms with van der Waals surface area (Å²) in [5, 5.41) is 34.9. The maximum Gasteiger partial charge on any atom is 0.108 e. The Balaban J connectivity index is 0. The van der Waals surface area contributed by atoms with Crippen LogP contribution in [0, 0.1) is 0 Å². The Morgan fingerprint density at radius 1 is 1.09 bits per heavy atom. The molecule has 0 saturated heterocycles. The highest BCUT2D eigenvalue weighted by molar-refractivity contribution is 5.85. The fourth-order valence-corrected chi connectivity index (χ4v) is 0.606. The van der Waals surface area contributed by atoms with Crippen molar-refractivity contribution in [3.05, 3.63) is 0 Å². The largest absolute Gasteiger partial charge is 0.394 e. The Hall–Kier alpha value is 0.130. The lowest BCUT2D eigenvalue weighted by molar-refractivity contribution is -0.0767. The van der Waals surface area contributed by atoms with Gasteiger partial charge in [0.15, 0.2) is 0 Å². The minimum Gasteiger partial charge on any atom is -0.394 e. The maximum absolute atomic E-state index is 8.93. The summed E-state index contributed by atoms with van der Waals surface area (Å²) in [6, 6.07) is 0. The first-order valence-electron chi connectivity index (χ1n) is 3.28. The van der Waals surface area contributed by atoms with Gasteiger partial charge in [-0.2, -0.15) is 0 Å². The molecule has 5 heteroatoms. The molecule has 0 radical (unpaired) electrons. The van der Waals surface area contributed by atoms with Crippen molar-refractivity contribution in [3.63, 3.8) is 0 Å². The van der Waals surface area contributed by atoms with Crippen molar-refractivity contribution in [2.24, 2.45) is 0 Å². The molecule has 0 amide bonds. The van der Waals surface area contributed by atoms with E-state index in [0.717, 1.165) is 0 Å². The number of hydrogen-bond acceptors (Lipinski definition) is 4. The van der Waals surface area contributed by atoms with E-state index in [4.69, 9.17) is 20.4 Å². The summed E-state index contributed by atoms with van der Waals surface area (Å²) < 4.78 is 0. The van der Waals surface area contributed by atoms with Gasteiger partial charge >= 0.3 is 0 Å². The fourth-order valence-electron chi connectivity index (χ4n) is 0.606. The molecular weight excluding hydrogens is 172 g/mol. The molecule has 11 heavy (non-hydrogen) atoms. The highest BCUT2D eigenvalue weighted by Crippen LogP contribution is 2.02. The molecule has 0 heterocycles. The molecule has 0 aromatic heterocycles. The standard InChI is InChI=1S/C6H14O4.ClH/c1-2-4(8)6(10)5(9)3-7;/h4-10H,2-3H2,1H3;1H/t4-,5-,6+;/m1./s1. The molecule has 0 aliphatic rings. The molecule has 0 saturated carbocycles. The molecule has 4 N–H and O–H groups in total. The van der Waals surface area contributed by atoms with Gasteiger partial charge in [-0.25, -0.2) is 0 Å². The van der Waals surface area contributed by atoms with Crippen molar-refractivity contribution in [3.8, 4) is 0 Å². The summed E-state index contributed by atoms with van der Waals surface area (Å²) in [6.07, 6.45) is -3.08. The van der Waals surface area contributed by atoms with Gasteiger partial charge < -0.3 is 20.4 Å². The van der Waals surface area contributed by atoms with Crippen LogP contribution in [0.4, 0.5) is 0 Å². The Bertz CT molecular complexity index is 80.7. The second-order valence-corrected chi connectivity index (χ2v) is 2.22. The summed E-state index contributed by atoms with van der Waals surface area (Å²) in [5.41, 5.74) is 0. The zero-order valence-electron chi connectivity index (χ0n) is 6.34. The maximum atomic E-state index is 8.93. The van der Waals surface area contributed by atoms with Crippen molar-refractivity contribution < 1.29 is 20.4 Å². The monoisotopic (exact) mass is 186 g/mol. The van der Waals surface area contributed by atoms with E-state index >= 15 is 0 Å². The molecule has 0 aromatic rings. The van der Waals surface area contributed by atoms with Crippen LogP contribution in [0.3, 0.4) is 0 Å². The third-order valence-corrected chi connectivity index (χ3v) is 1.39. The average molecular weight is 187 g/mol. The van der Waals surface area contributed by atoms with Gasteiger partial charge in [0.1, 0.15) is 12.2 Å². The predicted molar refractivity (Wildman–Crippen MR) is 42.6 cm³/mol. The molecule has 0 rings (SSSR count). The molecule has 0 fully saturated rings. The van der Waals surface area contributed by atoms with Crippen molar-refractivity contribution in [2.75, 3.05) is 6.61 Å². The molecule has 0 spiro atoms. The molecule has 4 nitrogen and oxygen atoms in total. The molecule has 0 unspecified atom stereocenters. The minimum absolute atomic E-state index is 0. The quantitative estimate of drug-likeness (QED) is 0.449. The van der Waals surface area contributed by atoms with Crippen LogP contribution >= 0.6 is 12.4 Å². The lowest BCUT2D eigenvalue weighted by atomic mass is 10.1. The summed E-state index contributed by atoms with van der Waals surface area (Å²) in [4.78, 5) is 0. The topological polar surface area (TPSA) is 80.9 Å². The van der Waals surface area contributed by atoms with Crippen molar-refractivity contribution in [1.82, 2.24) is 0 Å². The lowest BCUT2D eigenvalue weighted by Gasteiger charge is -2.19. The van der Waals surface area contributed by atoms with Gasteiger partial charge in [-0.3, -0.25) is 0 Å². The number of hydrogen-bond donors (Lipinski definition) is 4. The van der Waals surface area contributed by atoms with E-state index in [0.29, 0.717) is 6.42 Å². The zero-order chi connectivity index (χ0) is 8.15. The smallest absolute Gasteiger partial charge is 0.108 e. The number of halogens is 1. The van der Waals surface area contributed by atoms with E-state index in [1.54, 1.807) is 6.92 Å². The Kier molecular flexibility index (Phi) is 8.49. The van der Waals surface area contributed by atoms with Crippen molar-refractivity contribution >= 4 is 12.4 Å². The Labute approximate surface area is 71.9 Å².